The van der Waals surface area contributed by atoms with Crippen molar-refractivity contribution in [1.29, 1.82) is 0 Å². The number of likely N-dealkylation sites (tertiary alicyclic amines) is 1. The van der Waals surface area contributed by atoms with Gasteiger partial charge in [-0.1, -0.05) is 0 Å². The number of hydrogen-bond donors (Lipinski definition) is 2. The molecule has 9 nitrogen and oxygen atoms in total. The van der Waals surface area contributed by atoms with Crippen molar-refractivity contribution in [3.8, 4) is 11.8 Å². The Balaban J connectivity index is 2.00. The van der Waals surface area contributed by atoms with Crippen LogP contribution in [0.2, 0.25) is 0 Å². The number of piperidine rings is 1. The van der Waals surface area contributed by atoms with Gasteiger partial charge in [-0.15, -0.1) is 0 Å². The number of rotatable bonds is 5. The summed E-state index contributed by atoms with van der Waals surface area (Å²) in [4.78, 5) is 31.5. The van der Waals surface area contributed by atoms with Crippen LogP contribution in [0.5, 0.6) is 11.8 Å². The second-order valence-electron chi connectivity index (χ2n) is 6.36. The average Bonchev–Trinajstić information content (AvgIpc) is 2.65. The number of amides is 3. The van der Waals surface area contributed by atoms with Gasteiger partial charge in [0.25, 0.3) is 5.91 Å². The van der Waals surface area contributed by atoms with Crippen molar-refractivity contribution in [3.05, 3.63) is 17.7 Å². The summed E-state index contributed by atoms with van der Waals surface area (Å²) in [6, 6.07) is 2.99. The Morgan fingerprint density at radius 1 is 1.35 bits per heavy atom. The molecule has 2 atom stereocenters. The zero-order chi connectivity index (χ0) is 19.3. The second kappa shape index (κ2) is 8.70. The molecule has 9 heteroatoms. The quantitative estimate of drug-likeness (QED) is 0.771. The van der Waals surface area contributed by atoms with Crippen LogP contribution in [-0.4, -0.2) is 85.9 Å². The van der Waals surface area contributed by atoms with E-state index < -0.39 is 6.10 Å². The van der Waals surface area contributed by atoms with E-state index in [2.05, 4.69) is 10.3 Å². The first kappa shape index (κ1) is 19.8. The number of aliphatic hydroxyl groups is 1. The molecular formula is C17H26N4O5. The Labute approximate surface area is 152 Å². The highest BCUT2D eigenvalue weighted by Gasteiger charge is 2.32. The number of nitrogens with one attached hydrogen (secondary N) is 1. The fraction of sp³-hybridized carbons (Fsp3) is 0.588. The molecular weight excluding hydrogens is 340 g/mol. The Kier molecular flexibility index (Phi) is 6.62. The number of carbonyl (C=O) groups excluding carboxylic acids is 2. The summed E-state index contributed by atoms with van der Waals surface area (Å²) in [6.07, 6.45) is -0.126. The van der Waals surface area contributed by atoms with Crippen molar-refractivity contribution < 1.29 is 24.2 Å². The van der Waals surface area contributed by atoms with Crippen LogP contribution in [0.4, 0.5) is 4.79 Å². The Morgan fingerprint density at radius 3 is 2.65 bits per heavy atom. The van der Waals surface area contributed by atoms with Gasteiger partial charge in [0.1, 0.15) is 5.56 Å². The molecule has 2 heterocycles. The van der Waals surface area contributed by atoms with E-state index in [1.54, 1.807) is 31.1 Å². The number of methoxy groups -OCH3 is 2. The van der Waals surface area contributed by atoms with E-state index in [0.29, 0.717) is 31.0 Å². The van der Waals surface area contributed by atoms with E-state index >= 15 is 0 Å². The van der Waals surface area contributed by atoms with Gasteiger partial charge in [-0.25, -0.2) is 4.79 Å². The normalized spacial score (nSPS) is 19.7. The highest BCUT2D eigenvalue weighted by molar-refractivity contribution is 5.96. The molecule has 0 spiro atoms. The second-order valence-corrected chi connectivity index (χ2v) is 6.36. The number of pyridine rings is 1. The first-order valence-corrected chi connectivity index (χ1v) is 8.38. The van der Waals surface area contributed by atoms with Gasteiger partial charge in [-0.3, -0.25) is 4.79 Å². The largest absolute Gasteiger partial charge is 0.481 e. The van der Waals surface area contributed by atoms with Crippen LogP contribution in [0.3, 0.4) is 0 Å². The lowest BCUT2D eigenvalue weighted by atomic mass is 9.93. The van der Waals surface area contributed by atoms with Crippen molar-refractivity contribution >= 4 is 11.9 Å². The van der Waals surface area contributed by atoms with Crippen LogP contribution in [0.15, 0.2) is 12.1 Å². The van der Waals surface area contributed by atoms with Gasteiger partial charge in [0.05, 0.1) is 20.3 Å². The standard InChI is InChI=1S/C17H26N4O5/c1-20(2)17(24)18-9-11-7-8-21(10-13(11)22)16(23)12-5-6-14(25-3)19-15(12)26-4/h5-6,11,13,22H,7-10H2,1-4H3,(H,18,24)/t11-,13+/m0/s1. The summed E-state index contributed by atoms with van der Waals surface area (Å²) < 4.78 is 10.2. The first-order valence-electron chi connectivity index (χ1n) is 8.38. The maximum Gasteiger partial charge on any atom is 0.316 e. The molecule has 1 aromatic heterocycles. The van der Waals surface area contributed by atoms with Gasteiger partial charge in [0.2, 0.25) is 11.8 Å². The third kappa shape index (κ3) is 4.54. The van der Waals surface area contributed by atoms with Gasteiger partial charge in [0, 0.05) is 45.7 Å². The summed E-state index contributed by atoms with van der Waals surface area (Å²) in [5, 5.41) is 13.1. The highest BCUT2D eigenvalue weighted by Crippen LogP contribution is 2.24. The zero-order valence-electron chi connectivity index (χ0n) is 15.6. The molecule has 0 aliphatic carbocycles. The fourth-order valence-electron chi connectivity index (χ4n) is 2.81. The van der Waals surface area contributed by atoms with Crippen LogP contribution >= 0.6 is 0 Å². The average molecular weight is 366 g/mol. The van der Waals surface area contributed by atoms with Crippen molar-refractivity contribution in [1.82, 2.24) is 20.1 Å². The third-order valence-corrected chi connectivity index (χ3v) is 4.40. The summed E-state index contributed by atoms with van der Waals surface area (Å²) in [5.74, 6) is 0.184. The van der Waals surface area contributed by atoms with Crippen molar-refractivity contribution in [2.75, 3.05) is 47.9 Å². The molecule has 0 radical (unpaired) electrons. The van der Waals surface area contributed by atoms with Gasteiger partial charge in [0.15, 0.2) is 0 Å². The maximum atomic E-state index is 12.8. The lowest BCUT2D eigenvalue weighted by molar-refractivity contribution is 0.0201. The SMILES string of the molecule is COc1ccc(C(=O)N2CC[C@@H](CNC(=O)N(C)C)[C@H](O)C2)c(OC)n1. The van der Waals surface area contributed by atoms with Crippen molar-refractivity contribution in [2.45, 2.75) is 12.5 Å². The number of aliphatic hydroxyl groups excluding tert-OH is 1. The smallest absolute Gasteiger partial charge is 0.316 e. The van der Waals surface area contributed by atoms with Gasteiger partial charge in [-0.05, 0) is 12.5 Å². The van der Waals surface area contributed by atoms with Gasteiger partial charge < -0.3 is 29.7 Å². The van der Waals surface area contributed by atoms with E-state index in [4.69, 9.17) is 9.47 Å². The fourth-order valence-corrected chi connectivity index (χ4v) is 2.81. The molecule has 144 valence electrons. The number of β-amino-alcohol motifs (C(OH)–C–C–N with tert-alkyl or cyclic N) is 1. The first-order chi connectivity index (χ1) is 12.4. The molecule has 3 amide bonds. The number of ether oxygens (including phenoxy) is 2. The Hall–Kier alpha value is -2.55. The predicted octanol–water partition coefficient (Wildman–Crippen LogP) is 0.193. The maximum absolute atomic E-state index is 12.8. The monoisotopic (exact) mass is 366 g/mol. The number of aromatic nitrogens is 1. The van der Waals surface area contributed by atoms with Crippen LogP contribution in [-0.2, 0) is 0 Å². The topological polar surface area (TPSA) is 104 Å². The Morgan fingerprint density at radius 2 is 2.08 bits per heavy atom. The lowest BCUT2D eigenvalue weighted by Crippen LogP contribution is -2.50. The van der Waals surface area contributed by atoms with Crippen molar-refractivity contribution in [3.63, 3.8) is 0 Å². The third-order valence-electron chi connectivity index (χ3n) is 4.40. The number of urea groups is 1. The molecule has 2 N–H and O–H groups in total. The van der Waals surface area contributed by atoms with E-state index in [0.717, 1.165) is 0 Å². The number of carbonyl (C=O) groups is 2. The minimum Gasteiger partial charge on any atom is -0.481 e. The molecule has 1 aromatic rings. The minimum atomic E-state index is -0.715. The van der Waals surface area contributed by atoms with E-state index in [1.807, 2.05) is 0 Å². The molecule has 0 saturated carbocycles. The van der Waals surface area contributed by atoms with E-state index in [-0.39, 0.29) is 30.3 Å². The molecule has 1 aliphatic heterocycles. The van der Waals surface area contributed by atoms with E-state index in [9.17, 15) is 14.7 Å². The molecule has 2 rings (SSSR count). The number of hydrogen-bond acceptors (Lipinski definition) is 6. The summed E-state index contributed by atoms with van der Waals surface area (Å²) in [5.41, 5.74) is 0.319. The summed E-state index contributed by atoms with van der Waals surface area (Å²) in [7, 11) is 6.24. The molecule has 26 heavy (non-hydrogen) atoms. The zero-order valence-corrected chi connectivity index (χ0v) is 15.6. The highest BCUT2D eigenvalue weighted by atomic mass is 16.5. The summed E-state index contributed by atoms with van der Waals surface area (Å²) >= 11 is 0. The molecule has 0 bridgehead atoms. The molecule has 0 unspecified atom stereocenters. The van der Waals surface area contributed by atoms with Crippen LogP contribution in [0, 0.1) is 5.92 Å². The Bertz CT molecular complexity index is 652. The predicted molar refractivity (Wildman–Crippen MR) is 94.4 cm³/mol. The van der Waals surface area contributed by atoms with Gasteiger partial charge >= 0.3 is 6.03 Å². The molecule has 0 aromatic carbocycles. The molecule has 1 saturated heterocycles. The van der Waals surface area contributed by atoms with Crippen LogP contribution in [0.1, 0.15) is 16.8 Å². The molecule has 1 aliphatic rings. The van der Waals surface area contributed by atoms with Crippen LogP contribution < -0.4 is 14.8 Å². The minimum absolute atomic E-state index is 0.0983. The lowest BCUT2D eigenvalue weighted by Gasteiger charge is -2.36. The van der Waals surface area contributed by atoms with Crippen molar-refractivity contribution in [2.24, 2.45) is 5.92 Å². The van der Waals surface area contributed by atoms with Crippen LogP contribution in [0.25, 0.3) is 0 Å². The van der Waals surface area contributed by atoms with E-state index in [1.165, 1.54) is 19.1 Å². The molecule has 1 fully saturated rings. The number of nitrogens with zero attached hydrogens (tertiary/aromatic N) is 3. The van der Waals surface area contributed by atoms with Gasteiger partial charge in [-0.2, -0.15) is 4.98 Å². The summed E-state index contributed by atoms with van der Waals surface area (Å²) in [6.45, 7) is 1.04.